The molecule has 1 aromatic carbocycles. The molecule has 38 heavy (non-hydrogen) atoms. The van der Waals surface area contributed by atoms with Crippen molar-refractivity contribution in [2.45, 2.75) is 69.9 Å². The van der Waals surface area contributed by atoms with Crippen LogP contribution in [0, 0.1) is 0 Å². The highest BCUT2D eigenvalue weighted by atomic mass is 35.5. The van der Waals surface area contributed by atoms with Crippen LogP contribution in [0.2, 0.25) is 5.02 Å². The number of carbonyl (C=O) groups excluding carboxylic acids is 2. The van der Waals surface area contributed by atoms with Gasteiger partial charge in [0.1, 0.15) is 5.69 Å². The van der Waals surface area contributed by atoms with Gasteiger partial charge in [-0.15, -0.1) is 11.3 Å². The van der Waals surface area contributed by atoms with E-state index in [4.69, 9.17) is 11.6 Å². The first-order valence-electron chi connectivity index (χ1n) is 11.5. The molecule has 2 heterocycles. The van der Waals surface area contributed by atoms with E-state index in [0.717, 1.165) is 30.2 Å². The third-order valence-electron chi connectivity index (χ3n) is 6.44. The van der Waals surface area contributed by atoms with Crippen LogP contribution in [-0.4, -0.2) is 63.9 Å². The molecule has 1 aromatic heterocycles. The third kappa shape index (κ3) is 5.79. The lowest BCUT2D eigenvalue weighted by Crippen LogP contribution is -2.51. The molecule has 3 rings (SSSR count). The number of halogens is 7. The second-order valence-electron chi connectivity index (χ2n) is 10.00. The summed E-state index contributed by atoms with van der Waals surface area (Å²) in [6.07, 6.45) is -9.88. The normalized spacial score (nSPS) is 17.2. The van der Waals surface area contributed by atoms with Crippen molar-refractivity contribution < 1.29 is 41.0 Å². The minimum absolute atomic E-state index is 0.0276. The number of nitrogens with zero attached hydrogens (tertiary/aromatic N) is 2. The zero-order valence-electron chi connectivity index (χ0n) is 20.8. The van der Waals surface area contributed by atoms with Gasteiger partial charge in [-0.3, -0.25) is 9.59 Å². The number of rotatable bonds is 6. The first-order chi connectivity index (χ1) is 17.3. The molecule has 0 bridgehead atoms. The molecule has 210 valence electrons. The van der Waals surface area contributed by atoms with Gasteiger partial charge >= 0.3 is 12.4 Å². The Balaban J connectivity index is 2.12. The molecule has 2 N–H and O–H groups in total. The number of carbonyl (C=O) groups is 2. The van der Waals surface area contributed by atoms with Crippen molar-refractivity contribution in [2.24, 2.45) is 0 Å². The van der Waals surface area contributed by atoms with Gasteiger partial charge in [-0.2, -0.15) is 26.3 Å². The van der Waals surface area contributed by atoms with Crippen LogP contribution in [0.5, 0.6) is 0 Å². The lowest BCUT2D eigenvalue weighted by Gasteiger charge is -2.34. The lowest BCUT2D eigenvalue weighted by molar-refractivity contribution is -0.297. The molecule has 2 amide bonds. The SMILES string of the molecule is C[C@H]1CCCN1C(=O)c1nc(C(=O)NCC(C)(C)O)sc1-c1ccc(C(C)(C(F)(F)F)C(F)(F)F)cc1Cl. The van der Waals surface area contributed by atoms with Crippen LogP contribution in [-0.2, 0) is 5.41 Å². The van der Waals surface area contributed by atoms with Gasteiger partial charge in [0.2, 0.25) is 0 Å². The van der Waals surface area contributed by atoms with E-state index in [1.807, 2.05) is 6.92 Å². The summed E-state index contributed by atoms with van der Waals surface area (Å²) in [5.41, 5.74) is -6.80. The molecule has 1 saturated heterocycles. The van der Waals surface area contributed by atoms with Crippen molar-refractivity contribution in [3.8, 4) is 10.4 Å². The Morgan fingerprint density at radius 3 is 2.24 bits per heavy atom. The van der Waals surface area contributed by atoms with Gasteiger partial charge in [-0.1, -0.05) is 23.7 Å². The van der Waals surface area contributed by atoms with Gasteiger partial charge in [0.15, 0.2) is 10.4 Å². The fourth-order valence-corrected chi connectivity index (χ4v) is 5.33. The Morgan fingerprint density at radius 1 is 1.16 bits per heavy atom. The summed E-state index contributed by atoms with van der Waals surface area (Å²) in [7, 11) is 0. The second-order valence-corrected chi connectivity index (χ2v) is 11.4. The number of alkyl halides is 6. The predicted molar refractivity (Wildman–Crippen MR) is 130 cm³/mol. The maximum atomic E-state index is 13.6. The highest BCUT2D eigenvalue weighted by Gasteiger charge is 2.68. The molecule has 1 fully saturated rings. The van der Waals surface area contributed by atoms with Crippen LogP contribution in [0.3, 0.4) is 0 Å². The van der Waals surface area contributed by atoms with E-state index >= 15 is 0 Å². The largest absolute Gasteiger partial charge is 0.406 e. The minimum Gasteiger partial charge on any atom is -0.389 e. The molecule has 2 aromatic rings. The van der Waals surface area contributed by atoms with Gasteiger partial charge in [-0.25, -0.2) is 4.98 Å². The number of aliphatic hydroxyl groups is 1. The van der Waals surface area contributed by atoms with Crippen LogP contribution in [0.4, 0.5) is 26.3 Å². The van der Waals surface area contributed by atoms with E-state index in [0.29, 0.717) is 18.7 Å². The van der Waals surface area contributed by atoms with Crippen molar-refractivity contribution in [2.75, 3.05) is 13.1 Å². The average molecular weight is 586 g/mol. The quantitative estimate of drug-likeness (QED) is 0.409. The van der Waals surface area contributed by atoms with Crippen molar-refractivity contribution in [3.05, 3.63) is 39.5 Å². The summed E-state index contributed by atoms with van der Waals surface area (Å²) in [4.78, 5) is 31.8. The number of thiazole rings is 1. The molecule has 0 unspecified atom stereocenters. The number of amides is 2. The molecule has 0 radical (unpaired) electrons. The van der Waals surface area contributed by atoms with Crippen molar-refractivity contribution in [1.82, 2.24) is 15.2 Å². The molecule has 1 aliphatic rings. The number of likely N-dealkylation sites (tertiary alicyclic amines) is 1. The fourth-order valence-electron chi connectivity index (χ4n) is 3.99. The monoisotopic (exact) mass is 585 g/mol. The highest BCUT2D eigenvalue weighted by Crippen LogP contribution is 2.52. The van der Waals surface area contributed by atoms with E-state index in [2.05, 4.69) is 10.3 Å². The van der Waals surface area contributed by atoms with Gasteiger partial charge in [0.25, 0.3) is 11.8 Å². The van der Waals surface area contributed by atoms with Crippen LogP contribution < -0.4 is 5.32 Å². The predicted octanol–water partition coefficient (Wildman–Crippen LogP) is 5.97. The summed E-state index contributed by atoms with van der Waals surface area (Å²) in [6.45, 7) is 5.04. The summed E-state index contributed by atoms with van der Waals surface area (Å²) >= 11 is 6.95. The number of aromatic nitrogens is 1. The summed E-state index contributed by atoms with van der Waals surface area (Å²) in [5.74, 6) is -1.26. The zero-order valence-corrected chi connectivity index (χ0v) is 22.4. The second kappa shape index (κ2) is 10.3. The average Bonchev–Trinajstić information content (AvgIpc) is 3.41. The molecular weight excluding hydrogens is 560 g/mol. The molecule has 1 atom stereocenters. The molecule has 6 nitrogen and oxygen atoms in total. The molecular formula is C24H26ClF6N3O3S. The number of hydrogen-bond acceptors (Lipinski definition) is 5. The Morgan fingerprint density at radius 2 is 1.76 bits per heavy atom. The van der Waals surface area contributed by atoms with Gasteiger partial charge in [-0.05, 0) is 52.2 Å². The maximum Gasteiger partial charge on any atom is 0.406 e. The smallest absolute Gasteiger partial charge is 0.389 e. The van der Waals surface area contributed by atoms with E-state index in [1.54, 1.807) is 0 Å². The van der Waals surface area contributed by atoms with Crippen LogP contribution in [0.1, 0.15) is 66.4 Å². The molecule has 1 aliphatic heterocycles. The van der Waals surface area contributed by atoms with Gasteiger partial charge in [0, 0.05) is 29.7 Å². The van der Waals surface area contributed by atoms with Crippen LogP contribution >= 0.6 is 22.9 Å². The highest BCUT2D eigenvalue weighted by molar-refractivity contribution is 7.17. The van der Waals surface area contributed by atoms with Crippen molar-refractivity contribution in [3.63, 3.8) is 0 Å². The zero-order chi connectivity index (χ0) is 28.8. The first kappa shape index (κ1) is 30.2. The van der Waals surface area contributed by atoms with E-state index in [9.17, 15) is 41.0 Å². The number of nitrogens with one attached hydrogen (secondary N) is 1. The van der Waals surface area contributed by atoms with Crippen LogP contribution in [0.15, 0.2) is 18.2 Å². The Kier molecular flexibility index (Phi) is 8.18. The Hall–Kier alpha value is -2.38. The van der Waals surface area contributed by atoms with Crippen molar-refractivity contribution >= 4 is 34.8 Å². The maximum absolute atomic E-state index is 13.6. The van der Waals surface area contributed by atoms with E-state index in [-0.39, 0.29) is 40.7 Å². The number of benzene rings is 1. The van der Waals surface area contributed by atoms with E-state index < -0.39 is 45.8 Å². The van der Waals surface area contributed by atoms with Crippen molar-refractivity contribution in [1.29, 1.82) is 0 Å². The molecule has 0 saturated carbocycles. The molecule has 14 heteroatoms. The van der Waals surface area contributed by atoms with E-state index in [1.165, 1.54) is 18.7 Å². The van der Waals surface area contributed by atoms with Crippen LogP contribution in [0.25, 0.3) is 10.4 Å². The number of hydrogen-bond donors (Lipinski definition) is 2. The molecule has 0 spiro atoms. The van der Waals surface area contributed by atoms with Gasteiger partial charge < -0.3 is 15.3 Å². The summed E-state index contributed by atoms with van der Waals surface area (Å²) < 4.78 is 81.5. The summed E-state index contributed by atoms with van der Waals surface area (Å²) in [5, 5.41) is 11.7. The Labute approximate surface area is 224 Å². The standard InChI is InChI=1S/C24H26ClF6N3O3S/c1-12-6-5-9-34(12)20(36)16-17(38-19(33-16)18(35)32-11-21(2,3)37)14-8-7-13(10-15(14)25)22(4,23(26,27)28)24(29,30)31/h7-8,10,12,37H,5-6,9,11H2,1-4H3,(H,32,35)/t12-/m0/s1. The summed E-state index contributed by atoms with van der Waals surface area (Å²) in [6, 6.07) is 2.05. The Bertz CT molecular complexity index is 1210. The first-order valence-corrected chi connectivity index (χ1v) is 12.7. The topological polar surface area (TPSA) is 82.5 Å². The molecule has 0 aliphatic carbocycles. The minimum atomic E-state index is -5.67. The fraction of sp³-hybridized carbons (Fsp3) is 0.542. The third-order valence-corrected chi connectivity index (χ3v) is 7.84. The lowest BCUT2D eigenvalue weighted by atomic mass is 9.80. The van der Waals surface area contributed by atoms with Gasteiger partial charge in [0.05, 0.1) is 10.5 Å².